The van der Waals surface area contributed by atoms with Gasteiger partial charge < -0.3 is 19.5 Å². The Balaban J connectivity index is 1.81. The van der Waals surface area contributed by atoms with Gasteiger partial charge in [-0.05, 0) is 6.92 Å². The van der Waals surface area contributed by atoms with Crippen LogP contribution in [0, 0.1) is 0 Å². The molecule has 0 aromatic heterocycles. The summed E-state index contributed by atoms with van der Waals surface area (Å²) in [4.78, 5) is 0. The Kier molecular flexibility index (Phi) is 5.31. The highest BCUT2D eigenvalue weighted by atomic mass is 16.6. The molecule has 0 bridgehead atoms. The fraction of sp³-hybridized carbons (Fsp3) is 1.00. The summed E-state index contributed by atoms with van der Waals surface area (Å²) in [7, 11) is 1.68. The lowest BCUT2D eigenvalue weighted by Crippen LogP contribution is -2.33. The van der Waals surface area contributed by atoms with Crippen LogP contribution in [-0.4, -0.2) is 52.2 Å². The van der Waals surface area contributed by atoms with Crippen molar-refractivity contribution in [1.82, 2.24) is 5.32 Å². The first-order chi connectivity index (χ1) is 6.33. The second kappa shape index (κ2) is 6.32. The lowest BCUT2D eigenvalue weighted by Gasteiger charge is -2.12. The van der Waals surface area contributed by atoms with Gasteiger partial charge in [-0.15, -0.1) is 0 Å². The monoisotopic (exact) mass is 189 g/mol. The minimum atomic E-state index is 0.390. The molecule has 13 heavy (non-hydrogen) atoms. The molecule has 0 aliphatic carbocycles. The topological polar surface area (TPSA) is 43.0 Å². The van der Waals surface area contributed by atoms with E-state index in [4.69, 9.17) is 14.2 Å². The quantitative estimate of drug-likeness (QED) is 0.432. The summed E-state index contributed by atoms with van der Waals surface area (Å²) in [5, 5.41) is 3.33. The van der Waals surface area contributed by atoms with Gasteiger partial charge in [0.2, 0.25) is 0 Å². The van der Waals surface area contributed by atoms with Crippen LogP contribution < -0.4 is 5.32 Å². The van der Waals surface area contributed by atoms with Crippen molar-refractivity contribution in [3.05, 3.63) is 0 Å². The number of methoxy groups -OCH3 is 1. The molecule has 0 amide bonds. The summed E-state index contributed by atoms with van der Waals surface area (Å²) >= 11 is 0. The Morgan fingerprint density at radius 2 is 2.31 bits per heavy atom. The van der Waals surface area contributed by atoms with E-state index in [2.05, 4.69) is 12.2 Å². The molecule has 4 heteroatoms. The van der Waals surface area contributed by atoms with E-state index >= 15 is 0 Å². The van der Waals surface area contributed by atoms with Crippen LogP contribution in [-0.2, 0) is 14.2 Å². The molecule has 4 nitrogen and oxygen atoms in total. The Hall–Kier alpha value is -0.160. The van der Waals surface area contributed by atoms with Gasteiger partial charge in [0.15, 0.2) is 0 Å². The molecule has 0 aromatic rings. The lowest BCUT2D eigenvalue weighted by atomic mass is 10.3. The Labute approximate surface area is 79.5 Å². The first-order valence-corrected chi connectivity index (χ1v) is 4.74. The summed E-state index contributed by atoms with van der Waals surface area (Å²) in [5.41, 5.74) is 0. The van der Waals surface area contributed by atoms with Crippen LogP contribution in [0.25, 0.3) is 0 Å². The van der Waals surface area contributed by atoms with Crippen molar-refractivity contribution in [1.29, 1.82) is 0 Å². The minimum Gasteiger partial charge on any atom is -0.382 e. The van der Waals surface area contributed by atoms with Gasteiger partial charge in [-0.3, -0.25) is 0 Å². The van der Waals surface area contributed by atoms with Gasteiger partial charge in [-0.1, -0.05) is 0 Å². The highest BCUT2D eigenvalue weighted by Gasteiger charge is 2.22. The zero-order chi connectivity index (χ0) is 9.52. The summed E-state index contributed by atoms with van der Waals surface area (Å²) in [6, 6.07) is 0.390. The summed E-state index contributed by atoms with van der Waals surface area (Å²) in [5.74, 6) is 0. The first-order valence-electron chi connectivity index (χ1n) is 4.74. The maximum Gasteiger partial charge on any atom is 0.0934 e. The van der Waals surface area contributed by atoms with Crippen LogP contribution >= 0.6 is 0 Å². The largest absolute Gasteiger partial charge is 0.382 e. The Morgan fingerprint density at radius 3 is 2.92 bits per heavy atom. The van der Waals surface area contributed by atoms with Gasteiger partial charge in [0.25, 0.3) is 0 Å². The Bertz CT molecular complexity index is 128. The van der Waals surface area contributed by atoms with Gasteiger partial charge in [-0.2, -0.15) is 0 Å². The average molecular weight is 189 g/mol. The molecule has 78 valence electrons. The number of nitrogens with one attached hydrogen (secondary N) is 1. The third-order valence-electron chi connectivity index (χ3n) is 1.90. The van der Waals surface area contributed by atoms with Crippen LogP contribution in [0.5, 0.6) is 0 Å². The van der Waals surface area contributed by atoms with E-state index in [9.17, 15) is 0 Å². The van der Waals surface area contributed by atoms with Crippen molar-refractivity contribution in [3.63, 3.8) is 0 Å². The maximum absolute atomic E-state index is 5.36. The number of hydrogen-bond acceptors (Lipinski definition) is 4. The summed E-state index contributed by atoms with van der Waals surface area (Å²) in [6.45, 7) is 6.02. The molecule has 1 aliphatic heterocycles. The van der Waals surface area contributed by atoms with Crippen LogP contribution in [0.3, 0.4) is 0 Å². The molecule has 0 spiro atoms. The highest BCUT2D eigenvalue weighted by Crippen LogP contribution is 2.06. The van der Waals surface area contributed by atoms with E-state index in [1.165, 1.54) is 0 Å². The van der Waals surface area contributed by atoms with Crippen LogP contribution in [0.1, 0.15) is 6.92 Å². The van der Waals surface area contributed by atoms with Gasteiger partial charge in [-0.25, -0.2) is 0 Å². The second-order valence-corrected chi connectivity index (χ2v) is 3.33. The fourth-order valence-corrected chi connectivity index (χ4v) is 0.980. The molecule has 1 heterocycles. The third-order valence-corrected chi connectivity index (χ3v) is 1.90. The number of rotatable bonds is 8. The zero-order valence-corrected chi connectivity index (χ0v) is 8.41. The van der Waals surface area contributed by atoms with Gasteiger partial charge in [0, 0.05) is 19.7 Å². The standard InChI is InChI=1S/C9H19NO3/c1-8(6-12-4-3-11-2)10-5-9-7-13-9/h8-10H,3-7H2,1-2H3. The smallest absolute Gasteiger partial charge is 0.0934 e. The third kappa shape index (κ3) is 5.99. The van der Waals surface area contributed by atoms with E-state index in [1.807, 2.05) is 0 Å². The van der Waals surface area contributed by atoms with E-state index in [1.54, 1.807) is 7.11 Å². The van der Waals surface area contributed by atoms with Crippen molar-refractivity contribution in [2.45, 2.75) is 19.1 Å². The highest BCUT2D eigenvalue weighted by molar-refractivity contribution is 4.73. The molecule has 1 N–H and O–H groups in total. The molecule has 1 fully saturated rings. The second-order valence-electron chi connectivity index (χ2n) is 3.33. The van der Waals surface area contributed by atoms with E-state index < -0.39 is 0 Å². The summed E-state index contributed by atoms with van der Waals surface area (Å²) in [6.07, 6.45) is 0.446. The zero-order valence-electron chi connectivity index (χ0n) is 8.41. The number of hydrogen-bond donors (Lipinski definition) is 1. The molecule has 0 aromatic carbocycles. The van der Waals surface area contributed by atoms with Crippen molar-refractivity contribution in [3.8, 4) is 0 Å². The molecular weight excluding hydrogens is 170 g/mol. The maximum atomic E-state index is 5.36. The van der Waals surface area contributed by atoms with Crippen LogP contribution in [0.4, 0.5) is 0 Å². The minimum absolute atomic E-state index is 0.390. The molecule has 0 saturated carbocycles. The predicted molar refractivity (Wildman–Crippen MR) is 49.9 cm³/mol. The first kappa shape index (κ1) is 10.9. The van der Waals surface area contributed by atoms with E-state index in [0.717, 1.165) is 19.8 Å². The average Bonchev–Trinajstić information content (AvgIpc) is 2.92. The van der Waals surface area contributed by atoms with Gasteiger partial charge in [0.05, 0.1) is 32.5 Å². The molecular formula is C9H19NO3. The molecule has 2 unspecified atom stereocenters. The predicted octanol–water partition coefficient (Wildman–Crippen LogP) is 0.0263. The molecule has 2 atom stereocenters. The summed E-state index contributed by atoms with van der Waals surface area (Å²) < 4.78 is 15.3. The van der Waals surface area contributed by atoms with E-state index in [0.29, 0.717) is 25.4 Å². The SMILES string of the molecule is COCCOCC(C)NCC1CO1. The van der Waals surface area contributed by atoms with Crippen molar-refractivity contribution in [2.75, 3.05) is 40.1 Å². The normalized spacial score (nSPS) is 23.1. The van der Waals surface area contributed by atoms with E-state index in [-0.39, 0.29) is 0 Å². The van der Waals surface area contributed by atoms with Crippen molar-refractivity contribution in [2.24, 2.45) is 0 Å². The van der Waals surface area contributed by atoms with Gasteiger partial charge in [0.1, 0.15) is 0 Å². The number of epoxide rings is 1. The molecule has 1 rings (SSSR count). The lowest BCUT2D eigenvalue weighted by molar-refractivity contribution is 0.0608. The molecule has 1 saturated heterocycles. The van der Waals surface area contributed by atoms with Crippen LogP contribution in [0.15, 0.2) is 0 Å². The van der Waals surface area contributed by atoms with Crippen molar-refractivity contribution >= 4 is 0 Å². The van der Waals surface area contributed by atoms with Crippen LogP contribution in [0.2, 0.25) is 0 Å². The molecule has 1 aliphatic rings. The van der Waals surface area contributed by atoms with Crippen molar-refractivity contribution < 1.29 is 14.2 Å². The Morgan fingerprint density at radius 1 is 1.54 bits per heavy atom. The van der Waals surface area contributed by atoms with Gasteiger partial charge >= 0.3 is 0 Å². The molecule has 0 radical (unpaired) electrons. The fourth-order valence-electron chi connectivity index (χ4n) is 0.980. The number of ether oxygens (including phenoxy) is 3.